The van der Waals surface area contributed by atoms with Crippen LogP contribution >= 0.6 is 0 Å². The first kappa shape index (κ1) is 36.0. The number of sulfonamides is 1. The van der Waals surface area contributed by atoms with Gasteiger partial charge in [0, 0.05) is 43.2 Å². The summed E-state index contributed by atoms with van der Waals surface area (Å²) < 4.78 is 109. The summed E-state index contributed by atoms with van der Waals surface area (Å²) in [6.07, 6.45) is 1.55. The maximum atomic E-state index is 16.2. The van der Waals surface area contributed by atoms with Gasteiger partial charge in [0.2, 0.25) is 10.0 Å². The average molecular weight is 700 g/mol. The zero-order chi connectivity index (χ0) is 34.9. The van der Waals surface area contributed by atoms with E-state index >= 15 is 8.78 Å². The molecule has 15 heteroatoms. The summed E-state index contributed by atoms with van der Waals surface area (Å²) in [4.78, 5) is 13.6. The Morgan fingerprint density at radius 3 is 2.19 bits per heavy atom. The minimum atomic E-state index is -4.73. The fraction of sp³-hybridized carbons (Fsp3) is 0.576. The van der Waals surface area contributed by atoms with E-state index in [0.717, 1.165) is 31.2 Å². The molecule has 3 aromatic rings. The van der Waals surface area contributed by atoms with Crippen LogP contribution in [0.4, 0.5) is 26.7 Å². The van der Waals surface area contributed by atoms with Crippen LogP contribution in [-0.4, -0.2) is 66.5 Å². The molecule has 2 aliphatic rings. The number of amides is 1. The Hall–Kier alpha value is -3.30. The zero-order valence-corrected chi connectivity index (χ0v) is 28.0. The van der Waals surface area contributed by atoms with Crippen LogP contribution in [-0.2, 0) is 33.4 Å². The molecule has 1 aliphatic heterocycles. The third kappa shape index (κ3) is 8.83. The molecule has 2 N–H and O–H groups in total. The summed E-state index contributed by atoms with van der Waals surface area (Å²) >= 11 is 0. The maximum absolute atomic E-state index is 16.2. The van der Waals surface area contributed by atoms with E-state index in [9.17, 15) is 26.4 Å². The number of ether oxygens (including phenoxy) is 1. The smallest absolute Gasteiger partial charge is 0.416 e. The lowest BCUT2D eigenvalue weighted by atomic mass is 9.98. The fourth-order valence-electron chi connectivity index (χ4n) is 6.37. The Balaban J connectivity index is 1.35. The van der Waals surface area contributed by atoms with E-state index in [1.54, 1.807) is 37.9 Å². The molecule has 48 heavy (non-hydrogen) atoms. The lowest BCUT2D eigenvalue weighted by Gasteiger charge is -2.37. The quantitative estimate of drug-likeness (QED) is 0.229. The number of hydrogen-bond acceptors (Lipinski definition) is 6. The summed E-state index contributed by atoms with van der Waals surface area (Å²) in [6.45, 7) is 5.98. The molecule has 0 spiro atoms. The molecule has 1 unspecified atom stereocenters. The van der Waals surface area contributed by atoms with Crippen LogP contribution in [0.1, 0.15) is 70.4 Å². The van der Waals surface area contributed by atoms with E-state index in [1.165, 1.54) is 12.1 Å². The molecule has 1 amide bonds. The number of nitrogens with one attached hydrogen (secondary N) is 2. The van der Waals surface area contributed by atoms with Gasteiger partial charge in [-0.1, -0.05) is 25.0 Å². The van der Waals surface area contributed by atoms with Crippen molar-refractivity contribution in [2.75, 3.05) is 19.6 Å². The number of carbonyl (C=O) groups is 1. The van der Waals surface area contributed by atoms with Gasteiger partial charge in [0.1, 0.15) is 11.6 Å². The molecule has 264 valence electrons. The lowest BCUT2D eigenvalue weighted by Crippen LogP contribution is -2.55. The van der Waals surface area contributed by atoms with Gasteiger partial charge in [0.25, 0.3) is 5.92 Å². The summed E-state index contributed by atoms with van der Waals surface area (Å²) in [5, 5.41) is 7.74. The van der Waals surface area contributed by atoms with Gasteiger partial charge in [-0.15, -0.1) is 0 Å². The number of likely N-dealkylation sites (tertiary alicyclic amines) is 1. The molecule has 2 aromatic carbocycles. The summed E-state index contributed by atoms with van der Waals surface area (Å²) in [6, 6.07) is 4.49. The Morgan fingerprint density at radius 2 is 1.58 bits per heavy atom. The SMILES string of the molecule is CC(C)(C)OC(=O)NC1CCN(CC(NS(=O)(=O)c2ccc3c(cnn3CC3CCCC3)c2)C(F)(F)c2ccc(C(F)(F)F)cc2)CC1. The van der Waals surface area contributed by atoms with Crippen LogP contribution in [0.5, 0.6) is 0 Å². The Labute approximate surface area is 277 Å². The number of nitrogens with zero attached hydrogens (tertiary/aromatic N) is 3. The van der Waals surface area contributed by atoms with Crippen LogP contribution in [0.3, 0.4) is 0 Å². The number of rotatable bonds is 10. The highest BCUT2D eigenvalue weighted by Gasteiger charge is 2.45. The standard InChI is InChI=1S/C33H42F5N5O4S/c1-31(2,3)47-30(44)40-26-14-16-42(17-15-26)21-29(32(34,35)24-8-10-25(11-9-24)33(36,37)38)41-48(45,46)27-12-13-28-23(18-27)19-39-43(28)20-22-6-4-5-7-22/h8-13,18-19,22,26,29,41H,4-7,14-17,20-21H2,1-3H3,(H,40,44). The van der Waals surface area contributed by atoms with Crippen LogP contribution in [0.2, 0.25) is 0 Å². The monoisotopic (exact) mass is 699 g/mol. The van der Waals surface area contributed by atoms with Crippen molar-refractivity contribution in [2.24, 2.45) is 5.92 Å². The Kier molecular flexibility index (Phi) is 10.4. The summed E-state index contributed by atoms with van der Waals surface area (Å²) in [5.74, 6) is -3.40. The van der Waals surface area contributed by atoms with Crippen molar-refractivity contribution < 1.29 is 39.9 Å². The second-order valence-corrected chi connectivity index (χ2v) is 15.5. The number of carbonyl (C=O) groups excluding carboxylic acids is 1. The normalized spacial score (nSPS) is 18.3. The number of benzene rings is 2. The van der Waals surface area contributed by atoms with Gasteiger partial charge in [0.15, 0.2) is 0 Å². The number of fused-ring (bicyclic) bond motifs is 1. The highest BCUT2D eigenvalue weighted by atomic mass is 32.2. The minimum Gasteiger partial charge on any atom is -0.444 e. The van der Waals surface area contributed by atoms with Crippen molar-refractivity contribution in [1.29, 1.82) is 0 Å². The molecular formula is C33H42F5N5O4S. The van der Waals surface area contributed by atoms with Crippen molar-refractivity contribution in [3.05, 3.63) is 59.8 Å². The first-order valence-electron chi connectivity index (χ1n) is 16.2. The number of aromatic nitrogens is 2. The molecule has 1 saturated carbocycles. The molecule has 9 nitrogen and oxygen atoms in total. The highest BCUT2D eigenvalue weighted by molar-refractivity contribution is 7.89. The average Bonchev–Trinajstić information content (AvgIpc) is 3.66. The van der Waals surface area contributed by atoms with E-state index < -0.39 is 57.5 Å². The van der Waals surface area contributed by atoms with Gasteiger partial charge < -0.3 is 15.0 Å². The van der Waals surface area contributed by atoms with E-state index in [1.807, 2.05) is 4.68 Å². The zero-order valence-electron chi connectivity index (χ0n) is 27.2. The molecular weight excluding hydrogens is 657 g/mol. The Morgan fingerprint density at radius 1 is 0.958 bits per heavy atom. The van der Waals surface area contributed by atoms with Crippen molar-refractivity contribution in [3.63, 3.8) is 0 Å². The van der Waals surface area contributed by atoms with Crippen LogP contribution < -0.4 is 10.0 Å². The largest absolute Gasteiger partial charge is 0.444 e. The number of piperidine rings is 1. The fourth-order valence-corrected chi connectivity index (χ4v) is 7.63. The molecule has 1 aliphatic carbocycles. The molecule has 1 aromatic heterocycles. The van der Waals surface area contributed by atoms with Crippen LogP contribution in [0.25, 0.3) is 10.9 Å². The van der Waals surface area contributed by atoms with Crippen molar-refractivity contribution in [2.45, 2.75) is 101 Å². The molecule has 2 fully saturated rings. The minimum absolute atomic E-state index is 0.232. The van der Waals surface area contributed by atoms with Crippen molar-refractivity contribution >= 4 is 27.0 Å². The number of hydrogen-bond donors (Lipinski definition) is 2. The van der Waals surface area contributed by atoms with E-state index in [-0.39, 0.29) is 24.0 Å². The first-order valence-corrected chi connectivity index (χ1v) is 17.6. The van der Waals surface area contributed by atoms with Gasteiger partial charge in [-0.3, -0.25) is 4.68 Å². The Bertz CT molecular complexity index is 1670. The second kappa shape index (κ2) is 13.9. The predicted octanol–water partition coefficient (Wildman–Crippen LogP) is 6.67. The van der Waals surface area contributed by atoms with Gasteiger partial charge in [-0.25, -0.2) is 17.9 Å². The molecule has 5 rings (SSSR count). The van der Waals surface area contributed by atoms with Crippen LogP contribution in [0, 0.1) is 5.92 Å². The number of alkyl halides is 5. The molecule has 0 bridgehead atoms. The van der Waals surface area contributed by atoms with Gasteiger partial charge >= 0.3 is 12.3 Å². The molecule has 1 atom stereocenters. The van der Waals surface area contributed by atoms with Gasteiger partial charge in [0.05, 0.1) is 22.2 Å². The maximum Gasteiger partial charge on any atom is 0.416 e. The lowest BCUT2D eigenvalue weighted by molar-refractivity contribution is -0.137. The van der Waals surface area contributed by atoms with Crippen molar-refractivity contribution in [1.82, 2.24) is 24.7 Å². The second-order valence-electron chi connectivity index (χ2n) is 13.8. The predicted molar refractivity (Wildman–Crippen MR) is 170 cm³/mol. The van der Waals surface area contributed by atoms with Gasteiger partial charge in [-0.2, -0.15) is 27.1 Å². The van der Waals surface area contributed by atoms with E-state index in [4.69, 9.17) is 4.74 Å². The van der Waals surface area contributed by atoms with Crippen LogP contribution in [0.15, 0.2) is 53.6 Å². The molecule has 1 saturated heterocycles. The van der Waals surface area contributed by atoms with E-state index in [0.29, 0.717) is 55.0 Å². The molecule has 2 heterocycles. The van der Waals surface area contributed by atoms with E-state index in [2.05, 4.69) is 15.1 Å². The third-order valence-electron chi connectivity index (χ3n) is 8.91. The summed E-state index contributed by atoms with van der Waals surface area (Å²) in [7, 11) is -4.53. The third-order valence-corrected chi connectivity index (χ3v) is 10.4. The highest BCUT2D eigenvalue weighted by Crippen LogP contribution is 2.37. The molecule has 0 radical (unpaired) electrons. The topological polar surface area (TPSA) is 106 Å². The summed E-state index contributed by atoms with van der Waals surface area (Å²) in [5.41, 5.74) is -1.82. The van der Waals surface area contributed by atoms with Crippen molar-refractivity contribution in [3.8, 4) is 0 Å². The number of halogens is 5. The number of alkyl carbamates (subject to hydrolysis) is 1. The van der Waals surface area contributed by atoms with Gasteiger partial charge in [-0.05, 0) is 82.7 Å². The first-order chi connectivity index (χ1) is 22.4.